The fourth-order valence-corrected chi connectivity index (χ4v) is 4.23. The van der Waals surface area contributed by atoms with Gasteiger partial charge in [0.25, 0.3) is 0 Å². The van der Waals surface area contributed by atoms with Gasteiger partial charge in [-0.15, -0.1) is 0 Å². The third-order valence-electron chi connectivity index (χ3n) is 3.70. The van der Waals surface area contributed by atoms with Crippen LogP contribution in [-0.4, -0.2) is 56.3 Å². The molecule has 1 heterocycles. The molecule has 0 radical (unpaired) electrons. The predicted molar refractivity (Wildman–Crippen MR) is 74.1 cm³/mol. The summed E-state index contributed by atoms with van der Waals surface area (Å²) in [6.45, 7) is 5.52. The van der Waals surface area contributed by atoms with Crippen molar-refractivity contribution in [1.29, 1.82) is 0 Å². The van der Waals surface area contributed by atoms with Crippen molar-refractivity contribution in [3.63, 3.8) is 0 Å². The van der Waals surface area contributed by atoms with Crippen LogP contribution in [0.4, 0.5) is 0 Å². The first-order valence-corrected chi connectivity index (χ1v) is 7.96. The normalized spacial score (nSPS) is 31.0. The molecule has 4 nitrogen and oxygen atoms in total. The minimum Gasteiger partial charge on any atom is -0.384 e. The van der Waals surface area contributed by atoms with E-state index in [-0.39, 0.29) is 5.79 Å². The predicted octanol–water partition coefficient (Wildman–Crippen LogP) is 1.64. The van der Waals surface area contributed by atoms with Gasteiger partial charge in [0.2, 0.25) is 0 Å². The van der Waals surface area contributed by atoms with Gasteiger partial charge in [-0.3, -0.25) is 0 Å². The number of thioether (sulfide) groups is 1. The van der Waals surface area contributed by atoms with Gasteiger partial charge in [0.15, 0.2) is 5.79 Å². The molecule has 1 saturated carbocycles. The van der Waals surface area contributed by atoms with Crippen molar-refractivity contribution in [1.82, 2.24) is 5.32 Å². The molecule has 0 amide bonds. The van der Waals surface area contributed by atoms with Crippen molar-refractivity contribution >= 4 is 11.8 Å². The Labute approximate surface area is 114 Å². The Morgan fingerprint density at radius 1 is 1.39 bits per heavy atom. The summed E-state index contributed by atoms with van der Waals surface area (Å²) in [4.78, 5) is 0. The van der Waals surface area contributed by atoms with Gasteiger partial charge in [-0.25, -0.2) is 0 Å². The summed E-state index contributed by atoms with van der Waals surface area (Å²) >= 11 is 1.98. The Balaban J connectivity index is 1.89. The molecule has 1 aliphatic carbocycles. The van der Waals surface area contributed by atoms with Crippen molar-refractivity contribution < 1.29 is 14.2 Å². The van der Waals surface area contributed by atoms with E-state index in [0.29, 0.717) is 11.3 Å². The highest BCUT2D eigenvalue weighted by Gasteiger charge is 2.44. The Morgan fingerprint density at radius 2 is 2.17 bits per heavy atom. The summed E-state index contributed by atoms with van der Waals surface area (Å²) in [6.07, 6.45) is 3.16. The topological polar surface area (TPSA) is 39.7 Å². The van der Waals surface area contributed by atoms with Crippen LogP contribution in [-0.2, 0) is 14.2 Å². The molecule has 0 aromatic carbocycles. The first-order chi connectivity index (χ1) is 8.79. The summed E-state index contributed by atoms with van der Waals surface area (Å²) in [6, 6.07) is 0.579. The van der Waals surface area contributed by atoms with E-state index in [9.17, 15) is 0 Å². The average Bonchev–Trinajstić information content (AvgIpc) is 2.82. The lowest BCUT2D eigenvalue weighted by atomic mass is 9.89. The molecule has 0 aromatic heterocycles. The molecule has 2 aliphatic rings. The molecule has 18 heavy (non-hydrogen) atoms. The number of hydrogen-bond acceptors (Lipinski definition) is 5. The van der Waals surface area contributed by atoms with Crippen molar-refractivity contribution in [2.45, 2.75) is 43.3 Å². The molecule has 2 atom stereocenters. The molecule has 106 valence electrons. The smallest absolute Gasteiger partial charge is 0.169 e. The molecule has 2 unspecified atom stereocenters. The fraction of sp³-hybridized carbons (Fsp3) is 1.00. The van der Waals surface area contributed by atoms with Crippen LogP contribution in [0.15, 0.2) is 0 Å². The maximum Gasteiger partial charge on any atom is 0.169 e. The van der Waals surface area contributed by atoms with Gasteiger partial charge in [-0.1, -0.05) is 6.92 Å². The van der Waals surface area contributed by atoms with Crippen LogP contribution in [0.3, 0.4) is 0 Å². The molecule has 0 bridgehead atoms. The molecular weight excluding hydrogens is 250 g/mol. The molecule has 1 aliphatic heterocycles. The Morgan fingerprint density at radius 3 is 2.83 bits per heavy atom. The first-order valence-electron chi connectivity index (χ1n) is 6.91. The van der Waals surface area contributed by atoms with Gasteiger partial charge in [0.1, 0.15) is 0 Å². The lowest BCUT2D eigenvalue weighted by Crippen LogP contribution is -2.49. The number of methoxy groups -OCH3 is 1. The van der Waals surface area contributed by atoms with Crippen molar-refractivity contribution in [2.75, 3.05) is 39.2 Å². The van der Waals surface area contributed by atoms with Gasteiger partial charge in [0.05, 0.1) is 19.8 Å². The monoisotopic (exact) mass is 275 g/mol. The van der Waals surface area contributed by atoms with E-state index >= 15 is 0 Å². The van der Waals surface area contributed by atoms with E-state index < -0.39 is 0 Å². The molecule has 5 heteroatoms. The molecule has 2 fully saturated rings. The molecule has 1 spiro atoms. The summed E-state index contributed by atoms with van der Waals surface area (Å²) in [5, 5.41) is 4.16. The van der Waals surface area contributed by atoms with E-state index in [2.05, 4.69) is 12.2 Å². The van der Waals surface area contributed by atoms with Crippen molar-refractivity contribution in [3.05, 3.63) is 0 Å². The van der Waals surface area contributed by atoms with Crippen LogP contribution in [0.25, 0.3) is 0 Å². The maximum atomic E-state index is 5.85. The molecule has 1 saturated heterocycles. The third-order valence-corrected chi connectivity index (χ3v) is 5.02. The number of hydrogen-bond donors (Lipinski definition) is 1. The molecule has 2 rings (SSSR count). The second-order valence-corrected chi connectivity index (χ2v) is 6.26. The van der Waals surface area contributed by atoms with Crippen molar-refractivity contribution in [2.24, 2.45) is 0 Å². The summed E-state index contributed by atoms with van der Waals surface area (Å²) in [7, 11) is 1.76. The number of nitrogens with one attached hydrogen (secondary N) is 1. The molecule has 1 N–H and O–H groups in total. The van der Waals surface area contributed by atoms with Crippen LogP contribution in [0.1, 0.15) is 26.2 Å². The average molecular weight is 275 g/mol. The largest absolute Gasteiger partial charge is 0.384 e. The first kappa shape index (κ1) is 14.6. The highest BCUT2D eigenvalue weighted by atomic mass is 32.2. The highest BCUT2D eigenvalue weighted by Crippen LogP contribution is 2.40. The zero-order valence-corrected chi connectivity index (χ0v) is 12.3. The standard InChI is InChI=1S/C13H25NO3S/c1-3-14-11-4-5-13(16-6-7-17-13)10-12(11)18-9-8-15-2/h11-12,14H,3-10H2,1-2H3. The SMILES string of the molecule is CCNC1CCC2(CC1SCCOC)OCCO2. The van der Waals surface area contributed by atoms with Crippen molar-refractivity contribution in [3.8, 4) is 0 Å². The van der Waals surface area contributed by atoms with Crippen LogP contribution < -0.4 is 5.32 Å². The number of rotatable bonds is 6. The summed E-state index contributed by atoms with van der Waals surface area (Å²) < 4.78 is 16.8. The van der Waals surface area contributed by atoms with Gasteiger partial charge in [-0.05, 0) is 13.0 Å². The van der Waals surface area contributed by atoms with Crippen LogP contribution >= 0.6 is 11.8 Å². The lowest BCUT2D eigenvalue weighted by molar-refractivity contribution is -0.178. The summed E-state index contributed by atoms with van der Waals surface area (Å²) in [5.41, 5.74) is 0. The van der Waals surface area contributed by atoms with Crippen LogP contribution in [0.5, 0.6) is 0 Å². The quantitative estimate of drug-likeness (QED) is 0.746. The molecule has 0 aromatic rings. The second kappa shape index (κ2) is 7.10. The minimum atomic E-state index is -0.281. The second-order valence-electron chi connectivity index (χ2n) is 4.92. The fourth-order valence-electron chi connectivity index (χ4n) is 2.82. The van der Waals surface area contributed by atoms with E-state index in [1.54, 1.807) is 7.11 Å². The molecular formula is C13H25NO3S. The van der Waals surface area contributed by atoms with Gasteiger partial charge < -0.3 is 19.5 Å². The lowest BCUT2D eigenvalue weighted by Gasteiger charge is -2.41. The van der Waals surface area contributed by atoms with Crippen LogP contribution in [0, 0.1) is 0 Å². The van der Waals surface area contributed by atoms with E-state index in [1.165, 1.54) is 0 Å². The van der Waals surface area contributed by atoms with E-state index in [0.717, 1.165) is 51.4 Å². The van der Waals surface area contributed by atoms with Crippen LogP contribution in [0.2, 0.25) is 0 Å². The summed E-state index contributed by atoms with van der Waals surface area (Å²) in [5.74, 6) is 0.760. The number of ether oxygens (including phenoxy) is 3. The van der Waals surface area contributed by atoms with Gasteiger partial charge >= 0.3 is 0 Å². The highest BCUT2D eigenvalue weighted by molar-refractivity contribution is 8.00. The Bertz CT molecular complexity index is 246. The Hall–Kier alpha value is 0.190. The Kier molecular flexibility index (Phi) is 5.76. The van der Waals surface area contributed by atoms with E-state index in [1.807, 2.05) is 11.8 Å². The zero-order chi connectivity index (χ0) is 12.8. The third kappa shape index (κ3) is 3.61. The zero-order valence-electron chi connectivity index (χ0n) is 11.4. The maximum absolute atomic E-state index is 5.85. The minimum absolute atomic E-state index is 0.281. The van der Waals surface area contributed by atoms with Gasteiger partial charge in [-0.2, -0.15) is 11.8 Å². The van der Waals surface area contributed by atoms with E-state index in [4.69, 9.17) is 14.2 Å². The van der Waals surface area contributed by atoms with Gasteiger partial charge in [0, 0.05) is 37.0 Å².